The van der Waals surface area contributed by atoms with E-state index >= 15 is 0 Å². The maximum atomic E-state index is 6.82. The first-order valence-corrected chi connectivity index (χ1v) is 11.9. The van der Waals surface area contributed by atoms with Crippen molar-refractivity contribution >= 4 is 16.5 Å². The Bertz CT molecular complexity index is 1240. The molecule has 3 aromatic carbocycles. The van der Waals surface area contributed by atoms with Crippen LogP contribution in [0.3, 0.4) is 0 Å². The minimum absolute atomic E-state index is 0.374. The fraction of sp³-hybridized carbons (Fsp3) is 0.267. The van der Waals surface area contributed by atoms with Crippen LogP contribution >= 0.6 is 0 Å². The second kappa shape index (κ2) is 10.3. The van der Waals surface area contributed by atoms with Gasteiger partial charge in [-0.2, -0.15) is 0 Å². The maximum Gasteiger partial charge on any atom is 0.0594 e. The lowest BCUT2D eigenvalue weighted by Crippen LogP contribution is -2.42. The van der Waals surface area contributed by atoms with Crippen LogP contribution in [-0.4, -0.2) is 30.0 Å². The monoisotopic (exact) mass is 452 g/mol. The van der Waals surface area contributed by atoms with E-state index in [4.69, 9.17) is 5.84 Å². The van der Waals surface area contributed by atoms with E-state index in [2.05, 4.69) is 105 Å². The molecule has 0 fully saturated rings. The number of allylic oxidation sites excluding steroid dienone is 1. The van der Waals surface area contributed by atoms with E-state index in [1.54, 1.807) is 6.08 Å². The first kappa shape index (κ1) is 23.8. The number of fused-ring (bicyclic) bond motifs is 1. The summed E-state index contributed by atoms with van der Waals surface area (Å²) in [7, 11) is 2.20. The summed E-state index contributed by atoms with van der Waals surface area (Å²) >= 11 is 0. The van der Waals surface area contributed by atoms with Crippen molar-refractivity contribution in [3.05, 3.63) is 114 Å². The molecule has 0 radical (unpaired) electrons. The molecule has 1 heterocycles. The van der Waals surface area contributed by atoms with E-state index in [0.717, 1.165) is 30.9 Å². The molecule has 1 aliphatic heterocycles. The Balaban J connectivity index is 1.64. The Kier molecular flexibility index (Phi) is 7.20. The molecule has 176 valence electrons. The van der Waals surface area contributed by atoms with Crippen molar-refractivity contribution in [2.45, 2.75) is 26.8 Å². The van der Waals surface area contributed by atoms with E-state index in [9.17, 15) is 0 Å². The molecule has 1 unspecified atom stereocenters. The van der Waals surface area contributed by atoms with Crippen LogP contribution in [0.15, 0.2) is 96.9 Å². The number of hydrogen-bond acceptors (Lipinski definition) is 4. The summed E-state index contributed by atoms with van der Waals surface area (Å²) in [6.45, 7) is 14.8. The second-order valence-electron chi connectivity index (χ2n) is 9.59. The number of aryl methyl sites for hydroxylation is 1. The number of hydrogen-bond donors (Lipinski definition) is 2. The van der Waals surface area contributed by atoms with Crippen LogP contribution in [0.4, 0.5) is 5.69 Å². The van der Waals surface area contributed by atoms with Gasteiger partial charge in [0.15, 0.2) is 0 Å². The summed E-state index contributed by atoms with van der Waals surface area (Å²) in [5.74, 6) is 7.19. The summed E-state index contributed by atoms with van der Waals surface area (Å²) in [6.07, 6.45) is 2.65. The van der Waals surface area contributed by atoms with Gasteiger partial charge in [0.25, 0.3) is 0 Å². The minimum Gasteiger partial charge on any atom is -0.356 e. The molecular formula is C30H36N4. The van der Waals surface area contributed by atoms with E-state index in [0.29, 0.717) is 12.5 Å². The van der Waals surface area contributed by atoms with E-state index < -0.39 is 0 Å². The summed E-state index contributed by atoms with van der Waals surface area (Å²) in [5, 5.41) is 7.66. The van der Waals surface area contributed by atoms with Gasteiger partial charge in [-0.25, -0.2) is 5.84 Å². The molecular weight excluding hydrogens is 416 g/mol. The number of anilines is 1. The van der Waals surface area contributed by atoms with Crippen LogP contribution < -0.4 is 11.2 Å². The lowest BCUT2D eigenvalue weighted by molar-refractivity contribution is 0.228. The highest BCUT2D eigenvalue weighted by atomic mass is 15.4. The molecule has 0 bridgehead atoms. The predicted molar refractivity (Wildman–Crippen MR) is 145 cm³/mol. The normalized spacial score (nSPS) is 16.5. The van der Waals surface area contributed by atoms with Crippen molar-refractivity contribution in [1.82, 2.24) is 9.91 Å². The quantitative estimate of drug-likeness (QED) is 0.249. The van der Waals surface area contributed by atoms with Gasteiger partial charge in [0, 0.05) is 36.1 Å². The van der Waals surface area contributed by atoms with Crippen molar-refractivity contribution in [3.8, 4) is 0 Å². The number of nitrogens with one attached hydrogen (secondary N) is 1. The highest BCUT2D eigenvalue weighted by Gasteiger charge is 2.26. The summed E-state index contributed by atoms with van der Waals surface area (Å²) in [6, 6.07) is 21.6. The molecule has 0 saturated heterocycles. The van der Waals surface area contributed by atoms with Crippen molar-refractivity contribution in [2.75, 3.05) is 25.5 Å². The Labute approximate surface area is 204 Å². The number of nitrogens with zero attached hydrogens (tertiary/aromatic N) is 2. The highest BCUT2D eigenvalue weighted by Crippen LogP contribution is 2.30. The SMILES string of the molecule is C=CC(=C)Nc1ccc2c(CN(N)C3=C(Cc4cccc(C)c4)CN(C)CC3C)cccc2c1. The minimum atomic E-state index is 0.374. The standard InChI is InChI=1S/C30H36N4/c1-6-23(4)32-28-13-14-29-25(17-28)11-8-12-26(29)20-34(31)30-22(3)18-33(5)19-27(30)16-24-10-7-9-21(2)15-24/h6-15,17,22,32H,1,4,16,18-20,31H2,2-3,5H3. The van der Waals surface area contributed by atoms with Gasteiger partial charge in [-0.3, -0.25) is 0 Å². The third kappa shape index (κ3) is 5.41. The second-order valence-corrected chi connectivity index (χ2v) is 9.59. The van der Waals surface area contributed by atoms with Gasteiger partial charge >= 0.3 is 0 Å². The first-order chi connectivity index (χ1) is 16.3. The van der Waals surface area contributed by atoms with Gasteiger partial charge in [0.05, 0.1) is 6.54 Å². The van der Waals surface area contributed by atoms with E-state index in [-0.39, 0.29) is 0 Å². The van der Waals surface area contributed by atoms with Crippen LogP contribution in [0.5, 0.6) is 0 Å². The van der Waals surface area contributed by atoms with Gasteiger partial charge in [-0.15, -0.1) is 0 Å². The van der Waals surface area contributed by atoms with Gasteiger partial charge in [-0.1, -0.05) is 74.2 Å². The summed E-state index contributed by atoms with van der Waals surface area (Å²) in [5.41, 5.74) is 8.33. The van der Waals surface area contributed by atoms with Crippen LogP contribution in [0.25, 0.3) is 10.8 Å². The van der Waals surface area contributed by atoms with E-state index in [1.807, 2.05) is 5.01 Å². The predicted octanol–water partition coefficient (Wildman–Crippen LogP) is 6.01. The molecule has 0 saturated carbocycles. The fourth-order valence-corrected chi connectivity index (χ4v) is 5.15. The smallest absolute Gasteiger partial charge is 0.0594 e. The largest absolute Gasteiger partial charge is 0.356 e. The van der Waals surface area contributed by atoms with Crippen molar-refractivity contribution < 1.29 is 0 Å². The Morgan fingerprint density at radius 1 is 1.18 bits per heavy atom. The van der Waals surface area contributed by atoms with E-state index in [1.165, 1.54) is 38.7 Å². The fourth-order valence-electron chi connectivity index (χ4n) is 5.15. The Hall–Kier alpha value is -3.34. The molecule has 0 aliphatic carbocycles. The molecule has 0 aromatic heterocycles. The number of likely N-dealkylation sites (N-methyl/N-ethyl adjacent to an activating group) is 1. The number of benzene rings is 3. The molecule has 0 amide bonds. The molecule has 34 heavy (non-hydrogen) atoms. The van der Waals surface area contributed by atoms with Gasteiger partial charge in [0.1, 0.15) is 0 Å². The molecule has 4 rings (SSSR count). The van der Waals surface area contributed by atoms with Crippen LogP contribution in [0.2, 0.25) is 0 Å². The summed E-state index contributed by atoms with van der Waals surface area (Å²) in [4.78, 5) is 2.40. The lowest BCUT2D eigenvalue weighted by atomic mass is 9.91. The average Bonchev–Trinajstić information content (AvgIpc) is 2.78. The molecule has 0 spiro atoms. The van der Waals surface area contributed by atoms with Crippen LogP contribution in [-0.2, 0) is 13.0 Å². The van der Waals surface area contributed by atoms with Crippen LogP contribution in [0, 0.1) is 12.8 Å². The number of rotatable bonds is 8. The maximum absolute atomic E-state index is 6.82. The zero-order chi connectivity index (χ0) is 24.2. The molecule has 3 aromatic rings. The third-order valence-electron chi connectivity index (χ3n) is 6.55. The molecule has 1 aliphatic rings. The molecule has 4 heteroatoms. The first-order valence-electron chi connectivity index (χ1n) is 11.9. The van der Waals surface area contributed by atoms with Crippen molar-refractivity contribution in [1.29, 1.82) is 0 Å². The number of hydrazine groups is 1. The van der Waals surface area contributed by atoms with Gasteiger partial charge in [0.2, 0.25) is 0 Å². The Morgan fingerprint density at radius 3 is 2.74 bits per heavy atom. The molecule has 3 N–H and O–H groups in total. The zero-order valence-electron chi connectivity index (χ0n) is 20.6. The third-order valence-corrected chi connectivity index (χ3v) is 6.55. The molecule has 4 nitrogen and oxygen atoms in total. The lowest BCUT2D eigenvalue weighted by Gasteiger charge is -2.37. The van der Waals surface area contributed by atoms with Crippen molar-refractivity contribution in [3.63, 3.8) is 0 Å². The van der Waals surface area contributed by atoms with Crippen LogP contribution in [0.1, 0.15) is 23.6 Å². The number of nitrogens with two attached hydrogens (primary N) is 1. The Morgan fingerprint density at radius 2 is 1.97 bits per heavy atom. The van der Waals surface area contributed by atoms with Gasteiger partial charge in [-0.05, 0) is 66.1 Å². The summed E-state index contributed by atoms with van der Waals surface area (Å²) < 4.78 is 0. The average molecular weight is 453 g/mol. The van der Waals surface area contributed by atoms with Crippen molar-refractivity contribution in [2.24, 2.45) is 11.8 Å². The van der Waals surface area contributed by atoms with Gasteiger partial charge < -0.3 is 15.2 Å². The topological polar surface area (TPSA) is 44.5 Å². The molecule has 1 atom stereocenters. The highest BCUT2D eigenvalue weighted by molar-refractivity contribution is 5.88. The zero-order valence-corrected chi connectivity index (χ0v) is 20.6.